The highest BCUT2D eigenvalue weighted by Gasteiger charge is 2.15. The molecule has 194 valence electrons. The lowest BCUT2D eigenvalue weighted by Crippen LogP contribution is -2.29. The number of nitrogens with zero attached hydrogens (tertiary/aromatic N) is 4. The Morgan fingerprint density at radius 2 is 1.84 bits per heavy atom. The van der Waals surface area contributed by atoms with Crippen LogP contribution < -0.4 is 10.0 Å². The quantitative estimate of drug-likeness (QED) is 0.188. The first-order valence-electron chi connectivity index (χ1n) is 11.9. The zero-order valence-electron chi connectivity index (χ0n) is 20.7. The Labute approximate surface area is 221 Å². The Morgan fingerprint density at radius 3 is 2.58 bits per heavy atom. The normalized spacial score (nSPS) is 12.2. The third-order valence-electron chi connectivity index (χ3n) is 5.50. The monoisotopic (exact) mass is 528 g/mol. The van der Waals surface area contributed by atoms with Gasteiger partial charge in [-0.3, -0.25) is 9.98 Å². The van der Waals surface area contributed by atoms with Crippen molar-refractivity contribution in [2.75, 3.05) is 24.2 Å². The van der Waals surface area contributed by atoms with E-state index in [9.17, 15) is 8.42 Å². The highest BCUT2D eigenvalue weighted by atomic mass is 32.2. The molecule has 0 saturated carbocycles. The summed E-state index contributed by atoms with van der Waals surface area (Å²) in [5.41, 5.74) is 4.14. The van der Waals surface area contributed by atoms with Gasteiger partial charge in [-0.05, 0) is 29.3 Å². The summed E-state index contributed by atoms with van der Waals surface area (Å²) in [7, 11) is -3.57. The van der Waals surface area contributed by atoms with E-state index in [1.54, 1.807) is 12.3 Å². The number of benzene rings is 2. The van der Waals surface area contributed by atoms with Crippen molar-refractivity contribution in [3.8, 4) is 11.1 Å². The molecule has 0 aliphatic carbocycles. The number of hydrogen-bond donors (Lipinski definition) is 3. The van der Waals surface area contributed by atoms with Crippen LogP contribution in [0.1, 0.15) is 11.5 Å². The first-order chi connectivity index (χ1) is 18.5. The maximum Gasteiger partial charge on any atom is 0.216 e. The van der Waals surface area contributed by atoms with Crippen molar-refractivity contribution < 1.29 is 13.5 Å². The lowest BCUT2D eigenvalue weighted by atomic mass is 10.0. The average molecular weight is 529 g/mol. The fraction of sp³-hybridized carbons (Fsp3) is 0.143. The van der Waals surface area contributed by atoms with E-state index in [-0.39, 0.29) is 18.9 Å². The van der Waals surface area contributed by atoms with Gasteiger partial charge in [0.05, 0.1) is 35.5 Å². The summed E-state index contributed by atoms with van der Waals surface area (Å²) >= 11 is 0. The third kappa shape index (κ3) is 6.94. The fourth-order valence-electron chi connectivity index (χ4n) is 3.71. The largest absolute Gasteiger partial charge is 0.395 e. The van der Waals surface area contributed by atoms with Crippen LogP contribution in [-0.4, -0.2) is 53.6 Å². The van der Waals surface area contributed by atoms with E-state index < -0.39 is 10.0 Å². The summed E-state index contributed by atoms with van der Waals surface area (Å²) in [4.78, 5) is 18.1. The molecule has 3 N–H and O–H groups in total. The van der Waals surface area contributed by atoms with Crippen LogP contribution in [0, 0.1) is 0 Å². The average Bonchev–Trinajstić information content (AvgIpc) is 2.95. The fourth-order valence-corrected chi connectivity index (χ4v) is 4.51. The molecule has 2 heterocycles. The van der Waals surface area contributed by atoms with Gasteiger partial charge in [-0.1, -0.05) is 61.2 Å². The molecule has 38 heavy (non-hydrogen) atoms. The predicted octanol–water partition coefficient (Wildman–Crippen LogP) is 3.81. The highest BCUT2D eigenvalue weighted by molar-refractivity contribution is 7.90. The second-order valence-corrected chi connectivity index (χ2v) is 10.0. The molecule has 0 fully saturated rings. The Balaban J connectivity index is 1.73. The number of sulfonamides is 1. The van der Waals surface area contributed by atoms with Crippen molar-refractivity contribution in [3.05, 3.63) is 103 Å². The summed E-state index contributed by atoms with van der Waals surface area (Å²) in [5.74, 6) is 0.686. The Kier molecular flexibility index (Phi) is 9.04. The number of rotatable bonds is 12. The van der Waals surface area contributed by atoms with E-state index in [0.29, 0.717) is 23.8 Å². The number of aliphatic hydroxyl groups is 1. The van der Waals surface area contributed by atoms with E-state index in [1.807, 2.05) is 66.7 Å². The van der Waals surface area contributed by atoms with Crippen molar-refractivity contribution in [1.82, 2.24) is 19.7 Å². The molecule has 0 aliphatic heterocycles. The number of nitrogens with one attached hydrogen (secondary N) is 2. The minimum Gasteiger partial charge on any atom is -0.395 e. The van der Waals surface area contributed by atoms with Crippen LogP contribution in [0.5, 0.6) is 0 Å². The maximum atomic E-state index is 11.9. The number of fused-ring (bicyclic) bond motifs is 1. The predicted molar refractivity (Wildman–Crippen MR) is 152 cm³/mol. The number of allylic oxidation sites excluding steroid dienone is 2. The van der Waals surface area contributed by atoms with Gasteiger partial charge in [-0.2, -0.15) is 0 Å². The van der Waals surface area contributed by atoms with Crippen LogP contribution in [0.15, 0.2) is 96.8 Å². The molecule has 0 amide bonds. The van der Waals surface area contributed by atoms with Crippen molar-refractivity contribution in [1.29, 1.82) is 0 Å². The van der Waals surface area contributed by atoms with Crippen LogP contribution in [0.25, 0.3) is 27.6 Å². The Morgan fingerprint density at radius 1 is 1.03 bits per heavy atom. The van der Waals surface area contributed by atoms with E-state index in [4.69, 9.17) is 15.1 Å². The van der Waals surface area contributed by atoms with Gasteiger partial charge in [0, 0.05) is 30.7 Å². The van der Waals surface area contributed by atoms with Gasteiger partial charge in [0.2, 0.25) is 10.0 Å². The molecule has 2 aromatic carbocycles. The van der Waals surface area contributed by atoms with Gasteiger partial charge in [-0.25, -0.2) is 23.1 Å². The van der Waals surface area contributed by atoms with Crippen molar-refractivity contribution >= 4 is 38.5 Å². The number of hydrogen-bond acceptors (Lipinski definition) is 8. The summed E-state index contributed by atoms with van der Waals surface area (Å²) < 4.78 is 26.1. The zero-order chi connectivity index (χ0) is 26.8. The number of anilines is 1. The summed E-state index contributed by atoms with van der Waals surface area (Å²) in [5, 5.41) is 13.1. The van der Waals surface area contributed by atoms with Crippen LogP contribution in [0.4, 0.5) is 5.82 Å². The smallest absolute Gasteiger partial charge is 0.216 e. The molecule has 9 nitrogen and oxygen atoms in total. The molecule has 10 heteroatoms. The number of aliphatic imine (C=N–C) groups is 1. The van der Waals surface area contributed by atoms with Crippen LogP contribution in [-0.2, 0) is 16.6 Å². The SMILES string of the molecule is C=C/C(=C\N=CCS(=O)(=O)NCCO)c1nc(NCc2ccccn2)c2c(-c3ccccc3)cccc2n1. The van der Waals surface area contributed by atoms with Gasteiger partial charge >= 0.3 is 0 Å². The minimum absolute atomic E-state index is 0.0475. The molecular weight excluding hydrogens is 500 g/mol. The molecule has 0 atom stereocenters. The van der Waals surface area contributed by atoms with E-state index in [0.717, 1.165) is 27.7 Å². The number of aromatic nitrogens is 3. The van der Waals surface area contributed by atoms with Crippen molar-refractivity contribution in [2.24, 2.45) is 4.99 Å². The van der Waals surface area contributed by atoms with Crippen LogP contribution in [0.3, 0.4) is 0 Å². The molecule has 0 bridgehead atoms. The molecule has 0 radical (unpaired) electrons. The van der Waals surface area contributed by atoms with Crippen LogP contribution in [0.2, 0.25) is 0 Å². The lowest BCUT2D eigenvalue weighted by molar-refractivity contribution is 0.301. The molecule has 4 aromatic rings. The molecular formula is C28H28N6O3S. The van der Waals surface area contributed by atoms with Crippen molar-refractivity contribution in [3.63, 3.8) is 0 Å². The first-order valence-corrected chi connectivity index (χ1v) is 13.6. The Hall–Kier alpha value is -4.25. The molecule has 0 unspecified atom stereocenters. The highest BCUT2D eigenvalue weighted by Crippen LogP contribution is 2.33. The van der Waals surface area contributed by atoms with Gasteiger partial charge in [0.15, 0.2) is 5.82 Å². The first kappa shape index (κ1) is 26.8. The summed E-state index contributed by atoms with van der Waals surface area (Å²) in [6.07, 6.45) is 6.05. The van der Waals surface area contributed by atoms with Gasteiger partial charge < -0.3 is 10.4 Å². The molecule has 0 aliphatic rings. The van der Waals surface area contributed by atoms with E-state index in [2.05, 4.69) is 26.6 Å². The Bertz CT molecular complexity index is 1560. The molecule has 2 aromatic heterocycles. The van der Waals surface area contributed by atoms with Gasteiger partial charge in [0.25, 0.3) is 0 Å². The second kappa shape index (κ2) is 12.8. The standard InChI is InChI=1S/C28H28N6O3S/c1-2-21(19-29-16-18-38(36,37)32-15-17-35)27-33-25-13-8-12-24(22-9-4-3-5-10-22)26(25)28(34-27)31-20-23-11-6-7-14-30-23/h2-14,16,19,32,35H,1,15,17-18,20H2,(H,31,33,34)/b21-19+,29-16?. The van der Waals surface area contributed by atoms with E-state index in [1.165, 1.54) is 12.4 Å². The zero-order valence-corrected chi connectivity index (χ0v) is 21.5. The van der Waals surface area contributed by atoms with Gasteiger partial charge in [0.1, 0.15) is 5.82 Å². The number of pyridine rings is 1. The summed E-state index contributed by atoms with van der Waals surface area (Å²) in [6, 6.07) is 21.7. The molecule has 4 rings (SSSR count). The third-order valence-corrected chi connectivity index (χ3v) is 6.73. The second-order valence-electron chi connectivity index (χ2n) is 8.16. The maximum absolute atomic E-state index is 11.9. The minimum atomic E-state index is -3.57. The van der Waals surface area contributed by atoms with Crippen LogP contribution >= 0.6 is 0 Å². The number of aliphatic hydroxyl groups excluding tert-OH is 1. The molecule has 0 saturated heterocycles. The van der Waals surface area contributed by atoms with Crippen molar-refractivity contribution in [2.45, 2.75) is 6.54 Å². The lowest BCUT2D eigenvalue weighted by Gasteiger charge is -2.14. The van der Waals surface area contributed by atoms with E-state index >= 15 is 0 Å². The van der Waals surface area contributed by atoms with Gasteiger partial charge in [-0.15, -0.1) is 0 Å². The summed E-state index contributed by atoms with van der Waals surface area (Å²) in [6.45, 7) is 3.99. The topological polar surface area (TPSA) is 129 Å². The molecule has 0 spiro atoms.